The lowest BCUT2D eigenvalue weighted by Gasteiger charge is -2.32. The van der Waals surface area contributed by atoms with E-state index in [9.17, 15) is 14.0 Å². The fraction of sp³-hybridized carbons (Fsp3) is 0.391. The summed E-state index contributed by atoms with van der Waals surface area (Å²) in [4.78, 5) is 27.0. The van der Waals surface area contributed by atoms with Crippen LogP contribution in [0.3, 0.4) is 0 Å². The maximum atomic E-state index is 13.3. The van der Waals surface area contributed by atoms with Gasteiger partial charge in [0.15, 0.2) is 0 Å². The first kappa shape index (κ1) is 23.5. The van der Waals surface area contributed by atoms with E-state index < -0.39 is 6.04 Å². The third kappa shape index (κ3) is 6.92. The van der Waals surface area contributed by atoms with E-state index in [2.05, 4.69) is 15.5 Å². The number of benzene rings is 2. The van der Waals surface area contributed by atoms with Gasteiger partial charge in [0.1, 0.15) is 11.9 Å². The highest BCUT2D eigenvalue weighted by molar-refractivity contribution is 6.42. The van der Waals surface area contributed by atoms with Crippen LogP contribution in [0, 0.1) is 11.7 Å². The van der Waals surface area contributed by atoms with Crippen molar-refractivity contribution in [2.24, 2.45) is 5.92 Å². The number of nitrogens with zero attached hydrogens (tertiary/aromatic N) is 1. The lowest BCUT2D eigenvalue weighted by molar-refractivity contribution is -0.122. The molecular weight excluding hydrogens is 440 g/mol. The molecule has 0 aliphatic carbocycles. The van der Waals surface area contributed by atoms with Crippen molar-refractivity contribution < 1.29 is 14.0 Å². The van der Waals surface area contributed by atoms with Gasteiger partial charge in [0.2, 0.25) is 5.91 Å². The quantitative estimate of drug-likeness (QED) is 0.641. The van der Waals surface area contributed by atoms with Crippen molar-refractivity contribution in [1.82, 2.24) is 15.5 Å². The monoisotopic (exact) mass is 465 g/mol. The molecule has 31 heavy (non-hydrogen) atoms. The number of rotatable bonds is 7. The minimum atomic E-state index is -0.671. The number of hydrogen-bond donors (Lipinski definition) is 2. The summed E-state index contributed by atoms with van der Waals surface area (Å²) in [5.41, 5.74) is 1.32. The molecule has 1 heterocycles. The maximum absolute atomic E-state index is 13.3. The molecule has 0 spiro atoms. The molecule has 2 N–H and O–H groups in total. The SMILES string of the molecule is C[C@H](NC(=O)c1ccc(Cl)c(Cl)c1)C(=O)NCC1CCN(Cc2cccc(F)c2)CC1. The summed E-state index contributed by atoms with van der Waals surface area (Å²) in [6, 6.07) is 10.6. The van der Waals surface area contributed by atoms with Gasteiger partial charge in [-0.25, -0.2) is 4.39 Å². The van der Waals surface area contributed by atoms with Crippen molar-refractivity contribution in [3.63, 3.8) is 0 Å². The smallest absolute Gasteiger partial charge is 0.251 e. The third-order valence-corrected chi connectivity index (χ3v) is 6.23. The van der Waals surface area contributed by atoms with E-state index in [1.54, 1.807) is 31.2 Å². The Balaban J connectivity index is 1.39. The van der Waals surface area contributed by atoms with Crippen LogP contribution in [-0.4, -0.2) is 42.4 Å². The Morgan fingerprint density at radius 2 is 1.87 bits per heavy atom. The van der Waals surface area contributed by atoms with Crippen molar-refractivity contribution >= 4 is 35.0 Å². The largest absolute Gasteiger partial charge is 0.354 e. The van der Waals surface area contributed by atoms with Crippen LogP contribution in [0.2, 0.25) is 10.0 Å². The first-order valence-corrected chi connectivity index (χ1v) is 11.1. The molecule has 1 atom stereocenters. The predicted molar refractivity (Wildman–Crippen MR) is 121 cm³/mol. The average Bonchev–Trinajstić information content (AvgIpc) is 2.75. The Morgan fingerprint density at radius 3 is 2.55 bits per heavy atom. The number of nitrogens with one attached hydrogen (secondary N) is 2. The second kappa shape index (κ2) is 10.9. The molecule has 1 saturated heterocycles. The molecule has 0 radical (unpaired) electrons. The van der Waals surface area contributed by atoms with Crippen LogP contribution < -0.4 is 10.6 Å². The number of likely N-dealkylation sites (tertiary alicyclic amines) is 1. The van der Waals surface area contributed by atoms with E-state index in [1.165, 1.54) is 12.1 Å². The highest BCUT2D eigenvalue weighted by Crippen LogP contribution is 2.22. The Kier molecular flexibility index (Phi) is 8.29. The van der Waals surface area contributed by atoms with Gasteiger partial charge in [-0.3, -0.25) is 14.5 Å². The van der Waals surface area contributed by atoms with Gasteiger partial charge < -0.3 is 10.6 Å². The Bertz CT molecular complexity index is 933. The fourth-order valence-corrected chi connectivity index (χ4v) is 3.92. The number of amides is 2. The molecule has 1 aliphatic heterocycles. The molecule has 2 amide bonds. The first-order valence-electron chi connectivity index (χ1n) is 10.3. The minimum absolute atomic E-state index is 0.213. The Labute approximate surface area is 191 Å². The van der Waals surface area contributed by atoms with Gasteiger partial charge in [0.25, 0.3) is 5.91 Å². The van der Waals surface area contributed by atoms with Gasteiger partial charge in [0.05, 0.1) is 10.0 Å². The summed E-state index contributed by atoms with van der Waals surface area (Å²) in [7, 11) is 0. The Hall–Kier alpha value is -2.15. The second-order valence-corrected chi connectivity index (χ2v) is 8.73. The van der Waals surface area contributed by atoms with Crippen LogP contribution in [0.5, 0.6) is 0 Å². The van der Waals surface area contributed by atoms with E-state index in [1.807, 2.05) is 6.07 Å². The molecule has 2 aromatic rings. The fourth-order valence-electron chi connectivity index (χ4n) is 3.62. The van der Waals surface area contributed by atoms with Gasteiger partial charge in [-0.05, 0) is 74.7 Å². The average molecular weight is 466 g/mol. The molecule has 1 aliphatic rings. The third-order valence-electron chi connectivity index (χ3n) is 5.49. The lowest BCUT2D eigenvalue weighted by atomic mass is 9.96. The number of piperidine rings is 1. The maximum Gasteiger partial charge on any atom is 0.251 e. The van der Waals surface area contributed by atoms with E-state index in [0.29, 0.717) is 23.0 Å². The summed E-state index contributed by atoms with van der Waals surface area (Å²) in [5.74, 6) is -0.441. The van der Waals surface area contributed by atoms with E-state index in [0.717, 1.165) is 38.0 Å². The number of carbonyl (C=O) groups excluding carboxylic acids is 2. The van der Waals surface area contributed by atoms with Crippen molar-refractivity contribution in [2.45, 2.75) is 32.4 Å². The van der Waals surface area contributed by atoms with Crippen LogP contribution >= 0.6 is 23.2 Å². The van der Waals surface area contributed by atoms with Crippen LogP contribution in [0.1, 0.15) is 35.7 Å². The summed E-state index contributed by atoms with van der Waals surface area (Å²) >= 11 is 11.8. The number of carbonyl (C=O) groups is 2. The molecule has 5 nitrogen and oxygen atoms in total. The topological polar surface area (TPSA) is 61.4 Å². The van der Waals surface area contributed by atoms with E-state index in [-0.39, 0.29) is 22.7 Å². The van der Waals surface area contributed by atoms with Gasteiger partial charge in [-0.15, -0.1) is 0 Å². The molecule has 166 valence electrons. The van der Waals surface area contributed by atoms with E-state index >= 15 is 0 Å². The summed E-state index contributed by atoms with van der Waals surface area (Å²) in [6.45, 7) is 4.75. The van der Waals surface area contributed by atoms with Crippen molar-refractivity contribution in [3.05, 3.63) is 69.5 Å². The van der Waals surface area contributed by atoms with Gasteiger partial charge in [0, 0.05) is 18.7 Å². The number of halogens is 3. The molecule has 1 fully saturated rings. The van der Waals surface area contributed by atoms with Gasteiger partial charge >= 0.3 is 0 Å². The van der Waals surface area contributed by atoms with Crippen LogP contribution in [0.4, 0.5) is 4.39 Å². The minimum Gasteiger partial charge on any atom is -0.354 e. The summed E-state index contributed by atoms with van der Waals surface area (Å²) < 4.78 is 13.3. The molecule has 0 saturated carbocycles. The summed E-state index contributed by atoms with van der Waals surface area (Å²) in [5, 5.41) is 6.26. The zero-order valence-electron chi connectivity index (χ0n) is 17.3. The molecule has 0 unspecified atom stereocenters. The van der Waals surface area contributed by atoms with Crippen LogP contribution in [0.15, 0.2) is 42.5 Å². The molecular formula is C23H26Cl2FN3O2. The molecule has 0 aromatic heterocycles. The zero-order valence-corrected chi connectivity index (χ0v) is 18.8. The standard InChI is InChI=1S/C23H26Cl2FN3O2/c1-15(28-23(31)18-5-6-20(24)21(25)12-18)22(30)27-13-16-7-9-29(10-8-16)14-17-3-2-4-19(26)11-17/h2-6,11-12,15-16H,7-10,13-14H2,1H3,(H,27,30)(H,28,31)/t15-/m0/s1. The zero-order chi connectivity index (χ0) is 22.4. The second-order valence-electron chi connectivity index (χ2n) is 7.92. The van der Waals surface area contributed by atoms with E-state index in [4.69, 9.17) is 23.2 Å². The molecule has 0 bridgehead atoms. The number of hydrogen-bond acceptors (Lipinski definition) is 3. The first-order chi connectivity index (χ1) is 14.8. The van der Waals surface area contributed by atoms with Gasteiger partial charge in [-0.2, -0.15) is 0 Å². The van der Waals surface area contributed by atoms with Crippen molar-refractivity contribution in [3.8, 4) is 0 Å². The molecule has 3 rings (SSSR count). The van der Waals surface area contributed by atoms with Crippen LogP contribution in [-0.2, 0) is 11.3 Å². The lowest BCUT2D eigenvalue weighted by Crippen LogP contribution is -2.47. The van der Waals surface area contributed by atoms with Gasteiger partial charge in [-0.1, -0.05) is 35.3 Å². The highest BCUT2D eigenvalue weighted by atomic mass is 35.5. The van der Waals surface area contributed by atoms with Crippen LogP contribution in [0.25, 0.3) is 0 Å². The predicted octanol–water partition coefficient (Wildman–Crippen LogP) is 4.28. The van der Waals surface area contributed by atoms with Crippen molar-refractivity contribution in [1.29, 1.82) is 0 Å². The normalized spacial score (nSPS) is 16.0. The Morgan fingerprint density at radius 1 is 1.13 bits per heavy atom. The molecule has 2 aromatic carbocycles. The molecule has 8 heteroatoms. The van der Waals surface area contributed by atoms with Crippen molar-refractivity contribution in [2.75, 3.05) is 19.6 Å². The highest BCUT2D eigenvalue weighted by Gasteiger charge is 2.22. The summed E-state index contributed by atoms with van der Waals surface area (Å²) in [6.07, 6.45) is 1.92.